The van der Waals surface area contributed by atoms with Gasteiger partial charge in [-0.1, -0.05) is 24.3 Å². The maximum Gasteiger partial charge on any atom is 0.336 e. The number of hydrogen-bond acceptors (Lipinski definition) is 4. The summed E-state index contributed by atoms with van der Waals surface area (Å²) in [6.07, 6.45) is 0. The number of thioether (sulfide) groups is 1. The number of ketones is 1. The number of anilines is 1. The van der Waals surface area contributed by atoms with Gasteiger partial charge in [0.2, 0.25) is 5.91 Å². The Morgan fingerprint density at radius 2 is 1.74 bits per heavy atom. The summed E-state index contributed by atoms with van der Waals surface area (Å²) in [5.74, 6) is -1.73. The summed E-state index contributed by atoms with van der Waals surface area (Å²) in [5, 5.41) is 8.27. The zero-order valence-corrected chi connectivity index (χ0v) is 13.0. The van der Waals surface area contributed by atoms with Gasteiger partial charge in [-0.15, -0.1) is 11.8 Å². The molecule has 5 nitrogen and oxygen atoms in total. The summed E-state index contributed by atoms with van der Waals surface area (Å²) in [6.45, 7) is 0. The number of hydrogen-bond donors (Lipinski definition) is 1. The molecule has 0 bridgehead atoms. The molecule has 0 radical (unpaired) electrons. The molecule has 116 valence electrons. The molecule has 0 aliphatic carbocycles. The topological polar surface area (TPSA) is 74.7 Å². The zero-order chi connectivity index (χ0) is 16.6. The van der Waals surface area contributed by atoms with Gasteiger partial charge in [-0.05, 0) is 24.3 Å². The molecular formula is C17H13NO4S. The van der Waals surface area contributed by atoms with Crippen molar-refractivity contribution in [2.24, 2.45) is 0 Å². The molecule has 23 heavy (non-hydrogen) atoms. The lowest BCUT2D eigenvalue weighted by Gasteiger charge is -2.30. The quantitative estimate of drug-likeness (QED) is 0.877. The Labute approximate surface area is 136 Å². The minimum Gasteiger partial charge on any atom is -0.478 e. The van der Waals surface area contributed by atoms with E-state index in [1.165, 1.54) is 11.0 Å². The van der Waals surface area contributed by atoms with Crippen molar-refractivity contribution in [1.29, 1.82) is 0 Å². The minimum atomic E-state index is -1.09. The first kappa shape index (κ1) is 15.3. The average Bonchev–Trinajstić information content (AvgIpc) is 2.57. The average molecular weight is 327 g/mol. The highest BCUT2D eigenvalue weighted by Gasteiger charge is 2.38. The van der Waals surface area contributed by atoms with Gasteiger partial charge < -0.3 is 10.0 Å². The second-order valence-corrected chi connectivity index (χ2v) is 6.22. The standard InChI is InChI=1S/C17H13NO4S/c1-18-12-8-4-2-6-10(12)14(19)15(16(18)20)23-13-9-5-3-7-11(13)17(21)22/h2-9,15H,1H3,(H,21,22). The number of Topliss-reactive ketones (excluding diaryl/α,β-unsaturated/α-hetero) is 1. The van der Waals surface area contributed by atoms with Gasteiger partial charge in [-0.25, -0.2) is 4.79 Å². The van der Waals surface area contributed by atoms with Gasteiger partial charge >= 0.3 is 5.97 Å². The van der Waals surface area contributed by atoms with Crippen LogP contribution in [0.25, 0.3) is 0 Å². The SMILES string of the molecule is CN1C(=O)C(Sc2ccccc2C(=O)O)C(=O)c2ccccc21. The van der Waals surface area contributed by atoms with Crippen molar-refractivity contribution < 1.29 is 19.5 Å². The lowest BCUT2D eigenvalue weighted by molar-refractivity contribution is -0.117. The van der Waals surface area contributed by atoms with Crippen LogP contribution in [0.4, 0.5) is 5.69 Å². The Balaban J connectivity index is 2.00. The predicted molar refractivity (Wildman–Crippen MR) is 87.2 cm³/mol. The van der Waals surface area contributed by atoms with Crippen LogP contribution < -0.4 is 4.90 Å². The van der Waals surface area contributed by atoms with Gasteiger partial charge in [0.25, 0.3) is 0 Å². The summed E-state index contributed by atoms with van der Waals surface area (Å²) in [6, 6.07) is 13.3. The summed E-state index contributed by atoms with van der Waals surface area (Å²) in [4.78, 5) is 38.3. The number of para-hydroxylation sites is 1. The molecule has 1 aliphatic heterocycles. The number of nitrogens with zero attached hydrogens (tertiary/aromatic N) is 1. The van der Waals surface area contributed by atoms with Gasteiger partial charge in [-0.3, -0.25) is 9.59 Å². The largest absolute Gasteiger partial charge is 0.478 e. The number of carboxylic acids is 1. The summed E-state index contributed by atoms with van der Waals surface area (Å²) >= 11 is 0.981. The number of carbonyl (C=O) groups excluding carboxylic acids is 2. The third-order valence-corrected chi connectivity index (χ3v) is 4.95. The number of carbonyl (C=O) groups is 3. The zero-order valence-electron chi connectivity index (χ0n) is 12.2. The van der Waals surface area contributed by atoms with E-state index in [1.54, 1.807) is 49.5 Å². The maximum absolute atomic E-state index is 12.6. The molecule has 0 aromatic heterocycles. The maximum atomic E-state index is 12.6. The first-order chi connectivity index (χ1) is 11.0. The molecule has 1 N–H and O–H groups in total. The Bertz CT molecular complexity index is 818. The van der Waals surface area contributed by atoms with Crippen molar-refractivity contribution >= 4 is 35.1 Å². The van der Waals surface area contributed by atoms with E-state index in [0.29, 0.717) is 16.1 Å². The second-order valence-electron chi connectivity index (χ2n) is 5.08. The van der Waals surface area contributed by atoms with E-state index in [2.05, 4.69) is 0 Å². The molecule has 6 heteroatoms. The van der Waals surface area contributed by atoms with Crippen LogP contribution in [0.5, 0.6) is 0 Å². The van der Waals surface area contributed by atoms with Gasteiger partial charge in [0.05, 0.1) is 11.3 Å². The Morgan fingerprint density at radius 3 is 2.48 bits per heavy atom. The number of rotatable bonds is 3. The molecule has 2 aromatic rings. The molecule has 3 rings (SSSR count). The van der Waals surface area contributed by atoms with E-state index >= 15 is 0 Å². The van der Waals surface area contributed by atoms with E-state index in [0.717, 1.165) is 11.8 Å². The van der Waals surface area contributed by atoms with Gasteiger partial charge in [0.15, 0.2) is 11.0 Å². The van der Waals surface area contributed by atoms with Crippen LogP contribution in [0.1, 0.15) is 20.7 Å². The first-order valence-corrected chi connectivity index (χ1v) is 7.78. The van der Waals surface area contributed by atoms with Crippen molar-refractivity contribution in [1.82, 2.24) is 0 Å². The number of benzene rings is 2. The van der Waals surface area contributed by atoms with Crippen molar-refractivity contribution in [2.45, 2.75) is 10.1 Å². The van der Waals surface area contributed by atoms with E-state index < -0.39 is 11.2 Å². The van der Waals surface area contributed by atoms with Crippen LogP contribution in [0.2, 0.25) is 0 Å². The number of carboxylic acid groups (broad SMARTS) is 1. The van der Waals surface area contributed by atoms with E-state index in [4.69, 9.17) is 0 Å². The van der Waals surface area contributed by atoms with E-state index in [-0.39, 0.29) is 17.3 Å². The Hall–Kier alpha value is -2.60. The molecule has 1 unspecified atom stereocenters. The van der Waals surface area contributed by atoms with E-state index in [1.807, 2.05) is 0 Å². The molecule has 0 saturated carbocycles. The lowest BCUT2D eigenvalue weighted by atomic mass is 10.00. The molecule has 0 saturated heterocycles. The van der Waals surface area contributed by atoms with Crippen LogP contribution in [-0.4, -0.2) is 35.1 Å². The van der Waals surface area contributed by atoms with Crippen molar-refractivity contribution in [3.63, 3.8) is 0 Å². The van der Waals surface area contributed by atoms with Gasteiger partial charge in [-0.2, -0.15) is 0 Å². The first-order valence-electron chi connectivity index (χ1n) is 6.90. The number of fused-ring (bicyclic) bond motifs is 1. The monoisotopic (exact) mass is 327 g/mol. The fourth-order valence-electron chi connectivity index (χ4n) is 2.50. The highest BCUT2D eigenvalue weighted by atomic mass is 32.2. The number of amides is 1. The lowest BCUT2D eigenvalue weighted by Crippen LogP contribution is -2.44. The normalized spacial score (nSPS) is 17.1. The summed E-state index contributed by atoms with van der Waals surface area (Å²) in [5.41, 5.74) is 1.13. The van der Waals surface area contributed by atoms with Crippen LogP contribution in [-0.2, 0) is 4.79 Å². The summed E-state index contributed by atoms with van der Waals surface area (Å²) in [7, 11) is 1.62. The Morgan fingerprint density at radius 1 is 1.09 bits per heavy atom. The molecule has 1 atom stereocenters. The third-order valence-electron chi connectivity index (χ3n) is 3.69. The smallest absolute Gasteiger partial charge is 0.336 e. The fraction of sp³-hybridized carbons (Fsp3) is 0.118. The molecule has 0 fully saturated rings. The van der Waals surface area contributed by atoms with Crippen molar-refractivity contribution in [3.05, 3.63) is 59.7 Å². The molecule has 1 aliphatic rings. The van der Waals surface area contributed by atoms with Crippen molar-refractivity contribution in [2.75, 3.05) is 11.9 Å². The fourth-order valence-corrected chi connectivity index (χ4v) is 3.69. The molecule has 1 heterocycles. The highest BCUT2D eigenvalue weighted by molar-refractivity contribution is 8.01. The van der Waals surface area contributed by atoms with Crippen molar-refractivity contribution in [3.8, 4) is 0 Å². The van der Waals surface area contributed by atoms with Crippen LogP contribution in [0.3, 0.4) is 0 Å². The van der Waals surface area contributed by atoms with Gasteiger partial charge in [0.1, 0.15) is 0 Å². The highest BCUT2D eigenvalue weighted by Crippen LogP contribution is 2.36. The Kier molecular flexibility index (Phi) is 3.92. The molecule has 2 aromatic carbocycles. The van der Waals surface area contributed by atoms with E-state index in [9.17, 15) is 19.5 Å². The van der Waals surface area contributed by atoms with Crippen LogP contribution in [0.15, 0.2) is 53.4 Å². The molecular weight excluding hydrogens is 314 g/mol. The minimum absolute atomic E-state index is 0.0830. The molecule has 0 spiro atoms. The second kappa shape index (κ2) is 5.89. The molecule has 1 amide bonds. The van der Waals surface area contributed by atoms with Crippen LogP contribution >= 0.6 is 11.8 Å². The van der Waals surface area contributed by atoms with Crippen LogP contribution in [0, 0.1) is 0 Å². The third kappa shape index (κ3) is 2.61. The number of aromatic carboxylic acids is 1. The predicted octanol–water partition coefficient (Wildman–Crippen LogP) is 2.70. The summed E-state index contributed by atoms with van der Waals surface area (Å²) < 4.78 is 0. The van der Waals surface area contributed by atoms with Gasteiger partial charge in [0, 0.05) is 17.5 Å².